The molecule has 0 aliphatic rings. The summed E-state index contributed by atoms with van der Waals surface area (Å²) < 4.78 is 39.0. The molecule has 0 saturated carbocycles. The third kappa shape index (κ3) is 4.07. The average molecular weight is 423 g/mol. The van der Waals surface area contributed by atoms with Crippen molar-refractivity contribution in [3.63, 3.8) is 0 Å². The van der Waals surface area contributed by atoms with E-state index in [0.717, 1.165) is 12.1 Å². The van der Waals surface area contributed by atoms with E-state index in [0.29, 0.717) is 14.5 Å². The second-order valence-corrected chi connectivity index (χ2v) is 5.90. The Balaban J connectivity index is 2.34. The van der Waals surface area contributed by atoms with Gasteiger partial charge < -0.3 is 5.11 Å². The van der Waals surface area contributed by atoms with Crippen LogP contribution in [0.4, 0.5) is 18.9 Å². The fourth-order valence-electron chi connectivity index (χ4n) is 1.59. The first-order chi connectivity index (χ1) is 9.77. The maximum atomic E-state index is 12.6. The number of hydrogen-bond donors (Lipinski definition) is 1. The fraction of sp³-hybridized carbons (Fsp3) is 0.0714. The molecule has 1 N–H and O–H groups in total. The zero-order chi connectivity index (χ0) is 15.6. The van der Waals surface area contributed by atoms with Crippen LogP contribution in [0.2, 0.25) is 0 Å². The van der Waals surface area contributed by atoms with Crippen molar-refractivity contribution in [2.75, 3.05) is 0 Å². The molecule has 0 aliphatic carbocycles. The van der Waals surface area contributed by atoms with E-state index in [2.05, 4.69) is 36.9 Å². The van der Waals surface area contributed by atoms with Gasteiger partial charge in [0.05, 0.1) is 15.7 Å². The molecule has 0 atom stereocenters. The van der Waals surface area contributed by atoms with E-state index in [4.69, 9.17) is 0 Å². The minimum absolute atomic E-state index is 0.0334. The van der Waals surface area contributed by atoms with Gasteiger partial charge in [0.25, 0.3) is 0 Å². The summed E-state index contributed by atoms with van der Waals surface area (Å²) in [6.45, 7) is 0. The Bertz CT molecular complexity index is 699. The first-order valence-corrected chi connectivity index (χ1v) is 7.25. The van der Waals surface area contributed by atoms with Gasteiger partial charge in [-0.25, -0.2) is 0 Å². The molecule has 2 rings (SSSR count). The van der Waals surface area contributed by atoms with Gasteiger partial charge in [-0.2, -0.15) is 13.2 Å². The Hall–Kier alpha value is -1.34. The van der Waals surface area contributed by atoms with Crippen LogP contribution in [-0.4, -0.2) is 11.3 Å². The van der Waals surface area contributed by atoms with Crippen molar-refractivity contribution >= 4 is 43.8 Å². The number of rotatable bonds is 2. The van der Waals surface area contributed by atoms with E-state index in [1.807, 2.05) is 0 Å². The molecule has 0 fully saturated rings. The lowest BCUT2D eigenvalue weighted by Gasteiger charge is -2.06. The highest BCUT2D eigenvalue weighted by molar-refractivity contribution is 9.11. The Kier molecular flexibility index (Phi) is 4.73. The molecule has 0 amide bonds. The lowest BCUT2D eigenvalue weighted by atomic mass is 10.2. The van der Waals surface area contributed by atoms with E-state index in [9.17, 15) is 18.3 Å². The Morgan fingerprint density at radius 3 is 2.48 bits per heavy atom. The maximum absolute atomic E-state index is 12.6. The van der Waals surface area contributed by atoms with E-state index in [1.54, 1.807) is 12.1 Å². The summed E-state index contributed by atoms with van der Waals surface area (Å²) in [6.07, 6.45) is -3.10. The molecular weight excluding hydrogens is 415 g/mol. The molecule has 0 spiro atoms. The predicted octanol–water partition coefficient (Wildman–Crippen LogP) is 5.69. The molecule has 0 radical (unpaired) electrons. The van der Waals surface area contributed by atoms with Crippen molar-refractivity contribution in [1.29, 1.82) is 0 Å². The van der Waals surface area contributed by atoms with E-state index in [1.165, 1.54) is 18.3 Å². The normalized spacial score (nSPS) is 12.0. The monoisotopic (exact) mass is 421 g/mol. The fourth-order valence-corrected chi connectivity index (χ4v) is 2.85. The van der Waals surface area contributed by atoms with Crippen LogP contribution in [0, 0.1) is 0 Å². The van der Waals surface area contributed by atoms with E-state index in [-0.39, 0.29) is 11.4 Å². The molecule has 0 aromatic heterocycles. The average Bonchev–Trinajstić information content (AvgIpc) is 2.40. The van der Waals surface area contributed by atoms with Crippen LogP contribution in [0.1, 0.15) is 11.1 Å². The van der Waals surface area contributed by atoms with Gasteiger partial charge in [-0.15, -0.1) is 0 Å². The molecule has 7 heteroatoms. The zero-order valence-electron chi connectivity index (χ0n) is 10.3. The van der Waals surface area contributed by atoms with Crippen molar-refractivity contribution in [3.05, 3.63) is 56.5 Å². The summed E-state index contributed by atoms with van der Waals surface area (Å²) in [5.74, 6) is -0.0334. The van der Waals surface area contributed by atoms with Gasteiger partial charge in [0, 0.05) is 16.3 Å². The Labute approximate surface area is 135 Å². The topological polar surface area (TPSA) is 32.6 Å². The molecule has 2 aromatic rings. The molecule has 2 aromatic carbocycles. The van der Waals surface area contributed by atoms with Crippen LogP contribution in [-0.2, 0) is 6.18 Å². The number of hydrogen-bond acceptors (Lipinski definition) is 2. The molecule has 0 aliphatic heterocycles. The zero-order valence-corrected chi connectivity index (χ0v) is 13.5. The van der Waals surface area contributed by atoms with Gasteiger partial charge in [0.1, 0.15) is 5.75 Å². The first kappa shape index (κ1) is 16.0. The van der Waals surface area contributed by atoms with Crippen LogP contribution in [0.5, 0.6) is 5.75 Å². The highest BCUT2D eigenvalue weighted by Crippen LogP contribution is 2.33. The third-order valence-corrected chi connectivity index (χ3v) is 3.65. The second kappa shape index (κ2) is 6.19. The largest absolute Gasteiger partial charge is 0.506 e. The van der Waals surface area contributed by atoms with Crippen molar-refractivity contribution in [1.82, 2.24) is 0 Å². The standard InChI is InChI=1S/C14H8Br2F3NO/c15-10-4-8(13(21)12(16)6-10)7-20-11-3-1-2-9(5-11)14(17,18)19/h1-7,21H/b20-7+. The van der Waals surface area contributed by atoms with Crippen molar-refractivity contribution in [3.8, 4) is 5.75 Å². The third-order valence-electron chi connectivity index (χ3n) is 2.58. The highest BCUT2D eigenvalue weighted by atomic mass is 79.9. The molecule has 0 saturated heterocycles. The summed E-state index contributed by atoms with van der Waals surface area (Å²) >= 11 is 6.43. The van der Waals surface area contributed by atoms with Crippen LogP contribution in [0.3, 0.4) is 0 Å². The number of phenolic OH excluding ortho intramolecular Hbond substituents is 1. The van der Waals surface area contributed by atoms with Crippen LogP contribution in [0.25, 0.3) is 0 Å². The van der Waals surface area contributed by atoms with Gasteiger partial charge in [-0.1, -0.05) is 22.0 Å². The number of aliphatic imine (C=N–C) groups is 1. The van der Waals surface area contributed by atoms with Crippen molar-refractivity contribution in [2.45, 2.75) is 6.18 Å². The summed E-state index contributed by atoms with van der Waals surface area (Å²) in [6, 6.07) is 7.92. The Morgan fingerprint density at radius 1 is 1.10 bits per heavy atom. The maximum Gasteiger partial charge on any atom is 0.416 e. The highest BCUT2D eigenvalue weighted by Gasteiger charge is 2.30. The number of nitrogens with zero attached hydrogens (tertiary/aromatic N) is 1. The van der Waals surface area contributed by atoms with Crippen molar-refractivity contribution < 1.29 is 18.3 Å². The molecule has 0 unspecified atom stereocenters. The molecule has 21 heavy (non-hydrogen) atoms. The van der Waals surface area contributed by atoms with Gasteiger partial charge in [-0.3, -0.25) is 4.99 Å². The van der Waals surface area contributed by atoms with Gasteiger partial charge in [0.15, 0.2) is 0 Å². The summed E-state index contributed by atoms with van der Waals surface area (Å²) in [4.78, 5) is 3.97. The lowest BCUT2D eigenvalue weighted by molar-refractivity contribution is -0.137. The SMILES string of the molecule is Oc1c(Br)cc(Br)cc1/C=N/c1cccc(C(F)(F)F)c1. The number of aromatic hydroxyl groups is 1. The second-order valence-electron chi connectivity index (χ2n) is 4.13. The summed E-state index contributed by atoms with van der Waals surface area (Å²) in [7, 11) is 0. The number of phenols is 1. The number of halogens is 5. The molecular formula is C14H8Br2F3NO. The van der Waals surface area contributed by atoms with Crippen LogP contribution < -0.4 is 0 Å². The summed E-state index contributed by atoms with van der Waals surface area (Å²) in [5.41, 5.74) is -0.231. The molecule has 2 nitrogen and oxygen atoms in total. The minimum atomic E-state index is -4.41. The number of alkyl halides is 3. The number of benzene rings is 2. The Morgan fingerprint density at radius 2 is 1.81 bits per heavy atom. The van der Waals surface area contributed by atoms with Gasteiger partial charge in [0.2, 0.25) is 0 Å². The smallest absolute Gasteiger partial charge is 0.416 e. The van der Waals surface area contributed by atoms with Gasteiger partial charge >= 0.3 is 6.18 Å². The molecule has 110 valence electrons. The van der Waals surface area contributed by atoms with Crippen LogP contribution >= 0.6 is 31.9 Å². The van der Waals surface area contributed by atoms with Crippen molar-refractivity contribution in [2.24, 2.45) is 4.99 Å². The minimum Gasteiger partial charge on any atom is -0.506 e. The predicted molar refractivity (Wildman–Crippen MR) is 82.2 cm³/mol. The molecule has 0 bridgehead atoms. The quantitative estimate of drug-likeness (QED) is 0.620. The van der Waals surface area contributed by atoms with Crippen LogP contribution in [0.15, 0.2) is 50.3 Å². The first-order valence-electron chi connectivity index (χ1n) is 5.67. The lowest BCUT2D eigenvalue weighted by Crippen LogP contribution is -2.03. The van der Waals surface area contributed by atoms with E-state index >= 15 is 0 Å². The summed E-state index contributed by atoms with van der Waals surface area (Å²) in [5, 5.41) is 9.84. The van der Waals surface area contributed by atoms with E-state index < -0.39 is 11.7 Å². The van der Waals surface area contributed by atoms with Gasteiger partial charge in [-0.05, 0) is 46.3 Å². The molecule has 0 heterocycles.